The molecule has 1 aliphatic rings. The SMILES string of the molecule is COc1ccc(CN2CCC(N(Cc3ccc(N(C)c4ccncc4)cc3)C(=O)C=Cc3ccc(C(F)(F)F)cc3)CC2)cc1. The molecule has 0 bridgehead atoms. The van der Waals surface area contributed by atoms with Crippen molar-refractivity contribution in [2.45, 2.75) is 38.1 Å². The van der Waals surface area contributed by atoms with Crippen LogP contribution in [0.15, 0.2) is 103 Å². The number of likely N-dealkylation sites (tertiary alicyclic amines) is 1. The number of benzene rings is 3. The molecule has 0 aliphatic carbocycles. The number of pyridine rings is 1. The minimum Gasteiger partial charge on any atom is -0.497 e. The molecule has 0 spiro atoms. The zero-order chi connectivity index (χ0) is 31.8. The van der Waals surface area contributed by atoms with Crippen molar-refractivity contribution in [3.05, 3.63) is 126 Å². The summed E-state index contributed by atoms with van der Waals surface area (Å²) in [4.78, 5) is 24.1. The Hall–Kier alpha value is -4.63. The second-order valence-corrected chi connectivity index (χ2v) is 11.2. The van der Waals surface area contributed by atoms with Crippen molar-refractivity contribution in [2.75, 3.05) is 32.1 Å². The molecule has 0 N–H and O–H groups in total. The van der Waals surface area contributed by atoms with Gasteiger partial charge in [-0.2, -0.15) is 13.2 Å². The van der Waals surface area contributed by atoms with Crippen LogP contribution in [0.1, 0.15) is 35.1 Å². The summed E-state index contributed by atoms with van der Waals surface area (Å²) in [5, 5.41) is 0. The smallest absolute Gasteiger partial charge is 0.416 e. The third-order valence-corrected chi connectivity index (χ3v) is 8.23. The van der Waals surface area contributed by atoms with E-state index >= 15 is 0 Å². The first-order valence-corrected chi connectivity index (χ1v) is 14.9. The summed E-state index contributed by atoms with van der Waals surface area (Å²) < 4.78 is 44.3. The van der Waals surface area contributed by atoms with Crippen LogP contribution in [0.5, 0.6) is 5.75 Å². The van der Waals surface area contributed by atoms with Crippen LogP contribution in [0.3, 0.4) is 0 Å². The van der Waals surface area contributed by atoms with Crippen molar-refractivity contribution in [1.82, 2.24) is 14.8 Å². The normalized spacial score (nSPS) is 14.4. The molecular weight excluding hydrogens is 577 g/mol. The van der Waals surface area contributed by atoms with E-state index in [4.69, 9.17) is 4.74 Å². The first-order valence-electron chi connectivity index (χ1n) is 14.9. The molecule has 2 heterocycles. The van der Waals surface area contributed by atoms with Crippen LogP contribution >= 0.6 is 0 Å². The number of piperidine rings is 1. The highest BCUT2D eigenvalue weighted by Gasteiger charge is 2.30. The standard InChI is InChI=1S/C36H37F3N4O2/c1-41(32-17-21-40-22-18-32)31-12-5-29(6-13-31)26-43(35(44)16-9-27-3-10-30(11-4-27)36(37,38)39)33-19-23-42(24-20-33)25-28-7-14-34(45-2)15-8-28/h3-18,21-22,33H,19-20,23-26H2,1-2H3. The van der Waals surface area contributed by atoms with E-state index in [1.54, 1.807) is 25.6 Å². The van der Waals surface area contributed by atoms with E-state index in [2.05, 4.69) is 26.9 Å². The van der Waals surface area contributed by atoms with Gasteiger partial charge in [0.1, 0.15) is 5.75 Å². The number of anilines is 2. The van der Waals surface area contributed by atoms with E-state index in [-0.39, 0.29) is 11.9 Å². The van der Waals surface area contributed by atoms with Gasteiger partial charge in [0.05, 0.1) is 12.7 Å². The zero-order valence-corrected chi connectivity index (χ0v) is 25.5. The summed E-state index contributed by atoms with van der Waals surface area (Å²) in [6.45, 7) is 2.95. The summed E-state index contributed by atoms with van der Waals surface area (Å²) >= 11 is 0. The van der Waals surface area contributed by atoms with Gasteiger partial charge in [-0.3, -0.25) is 14.7 Å². The fraction of sp³-hybridized carbons (Fsp3) is 0.278. The average Bonchev–Trinajstić information content (AvgIpc) is 3.07. The summed E-state index contributed by atoms with van der Waals surface area (Å²) in [6.07, 6.45) is 3.80. The predicted molar refractivity (Wildman–Crippen MR) is 171 cm³/mol. The van der Waals surface area contributed by atoms with Crippen LogP contribution in [0, 0.1) is 0 Å². The van der Waals surface area contributed by atoms with E-state index in [1.807, 2.05) is 60.5 Å². The Morgan fingerprint density at radius 1 is 0.889 bits per heavy atom. The summed E-state index contributed by atoms with van der Waals surface area (Å²) in [5.41, 5.74) is 4.06. The number of amides is 1. The van der Waals surface area contributed by atoms with Gasteiger partial charge in [0.2, 0.25) is 5.91 Å². The van der Waals surface area contributed by atoms with Gasteiger partial charge >= 0.3 is 6.18 Å². The Morgan fingerprint density at radius 3 is 2.09 bits per heavy atom. The van der Waals surface area contributed by atoms with E-state index in [1.165, 1.54) is 23.8 Å². The molecule has 0 unspecified atom stereocenters. The quantitative estimate of drug-likeness (QED) is 0.172. The lowest BCUT2D eigenvalue weighted by Crippen LogP contribution is -2.46. The molecule has 0 atom stereocenters. The van der Waals surface area contributed by atoms with Crippen LogP contribution in [0.4, 0.5) is 24.5 Å². The van der Waals surface area contributed by atoms with Gasteiger partial charge in [-0.1, -0.05) is 36.4 Å². The lowest BCUT2D eigenvalue weighted by atomic mass is 10.0. The molecule has 6 nitrogen and oxygen atoms in total. The number of hydrogen-bond acceptors (Lipinski definition) is 5. The van der Waals surface area contributed by atoms with Gasteiger partial charge in [-0.05, 0) is 84.1 Å². The van der Waals surface area contributed by atoms with Gasteiger partial charge in [-0.15, -0.1) is 0 Å². The van der Waals surface area contributed by atoms with Crippen molar-refractivity contribution in [2.24, 2.45) is 0 Å². The predicted octanol–water partition coefficient (Wildman–Crippen LogP) is 7.58. The molecule has 1 amide bonds. The van der Waals surface area contributed by atoms with E-state index in [9.17, 15) is 18.0 Å². The van der Waals surface area contributed by atoms with Crippen molar-refractivity contribution in [3.8, 4) is 5.75 Å². The summed E-state index contributed by atoms with van der Waals surface area (Å²) in [5.74, 6) is 0.662. The average molecular weight is 615 g/mol. The Bertz CT molecular complexity index is 1550. The van der Waals surface area contributed by atoms with Crippen LogP contribution < -0.4 is 9.64 Å². The van der Waals surface area contributed by atoms with Gasteiger partial charge < -0.3 is 14.5 Å². The molecule has 5 rings (SSSR count). The van der Waals surface area contributed by atoms with Gasteiger partial charge in [-0.25, -0.2) is 0 Å². The second kappa shape index (κ2) is 14.4. The third-order valence-electron chi connectivity index (χ3n) is 8.23. The molecule has 1 fully saturated rings. The molecule has 0 radical (unpaired) electrons. The number of aromatic nitrogens is 1. The molecular formula is C36H37F3N4O2. The molecule has 3 aromatic carbocycles. The number of ether oxygens (including phenoxy) is 1. The molecule has 234 valence electrons. The van der Waals surface area contributed by atoms with Gasteiger partial charge in [0, 0.05) is 69.1 Å². The fourth-order valence-corrected chi connectivity index (χ4v) is 5.55. The van der Waals surface area contributed by atoms with Crippen LogP contribution in [-0.2, 0) is 24.1 Å². The van der Waals surface area contributed by atoms with Crippen molar-refractivity contribution < 1.29 is 22.7 Å². The summed E-state index contributed by atoms with van der Waals surface area (Å²) in [7, 11) is 3.65. The first kappa shape index (κ1) is 31.8. The van der Waals surface area contributed by atoms with E-state index in [0.717, 1.165) is 67.3 Å². The largest absolute Gasteiger partial charge is 0.497 e. The Kier molecular flexibility index (Phi) is 10.2. The molecule has 45 heavy (non-hydrogen) atoms. The highest BCUT2D eigenvalue weighted by molar-refractivity contribution is 5.92. The lowest BCUT2D eigenvalue weighted by molar-refractivity contribution is -0.137. The number of hydrogen-bond donors (Lipinski definition) is 0. The number of rotatable bonds is 10. The van der Waals surface area contributed by atoms with E-state index < -0.39 is 11.7 Å². The lowest BCUT2D eigenvalue weighted by Gasteiger charge is -2.38. The summed E-state index contributed by atoms with van der Waals surface area (Å²) in [6, 6.07) is 25.0. The first-order chi connectivity index (χ1) is 21.7. The number of carbonyl (C=O) groups excluding carboxylic acids is 1. The molecule has 1 aromatic heterocycles. The van der Waals surface area contributed by atoms with Gasteiger partial charge in [0.15, 0.2) is 0 Å². The van der Waals surface area contributed by atoms with E-state index in [0.29, 0.717) is 12.1 Å². The minimum absolute atomic E-state index is 0.0287. The van der Waals surface area contributed by atoms with Crippen LogP contribution in [0.2, 0.25) is 0 Å². The fourth-order valence-electron chi connectivity index (χ4n) is 5.55. The van der Waals surface area contributed by atoms with Crippen molar-refractivity contribution >= 4 is 23.4 Å². The number of alkyl halides is 3. The molecule has 1 aliphatic heterocycles. The Balaban J connectivity index is 1.29. The van der Waals surface area contributed by atoms with Crippen LogP contribution in [0.25, 0.3) is 6.08 Å². The molecule has 9 heteroatoms. The van der Waals surface area contributed by atoms with Crippen molar-refractivity contribution in [3.63, 3.8) is 0 Å². The Morgan fingerprint density at radius 2 is 1.49 bits per heavy atom. The minimum atomic E-state index is -4.40. The molecule has 0 saturated carbocycles. The number of halogens is 3. The number of nitrogens with zero attached hydrogens (tertiary/aromatic N) is 4. The number of methoxy groups -OCH3 is 1. The van der Waals surface area contributed by atoms with Crippen LogP contribution in [-0.4, -0.2) is 54.0 Å². The highest BCUT2D eigenvalue weighted by atomic mass is 19.4. The maximum absolute atomic E-state index is 13.7. The molecule has 4 aromatic rings. The second-order valence-electron chi connectivity index (χ2n) is 11.2. The molecule has 1 saturated heterocycles. The maximum Gasteiger partial charge on any atom is 0.416 e. The zero-order valence-electron chi connectivity index (χ0n) is 25.5. The topological polar surface area (TPSA) is 48.9 Å². The van der Waals surface area contributed by atoms with Crippen molar-refractivity contribution in [1.29, 1.82) is 0 Å². The highest BCUT2D eigenvalue weighted by Crippen LogP contribution is 2.30. The maximum atomic E-state index is 13.7. The van der Waals surface area contributed by atoms with Gasteiger partial charge in [0.25, 0.3) is 0 Å². The number of carbonyl (C=O) groups is 1. The third kappa shape index (κ3) is 8.51. The Labute approximate surface area is 262 Å². The monoisotopic (exact) mass is 614 g/mol.